The van der Waals surface area contributed by atoms with Gasteiger partial charge in [0.1, 0.15) is 5.84 Å². The van der Waals surface area contributed by atoms with E-state index in [-0.39, 0.29) is 17.7 Å². The van der Waals surface area contributed by atoms with E-state index in [2.05, 4.69) is 0 Å². The molecule has 1 rings (SSSR count). The van der Waals surface area contributed by atoms with Gasteiger partial charge < -0.3 is 10.5 Å². The van der Waals surface area contributed by atoms with Gasteiger partial charge in [-0.05, 0) is 31.0 Å². The van der Waals surface area contributed by atoms with Gasteiger partial charge in [0, 0.05) is 5.56 Å². The highest BCUT2D eigenvalue weighted by Gasteiger charge is 2.12. The third-order valence-corrected chi connectivity index (χ3v) is 2.49. The standard InChI is InChI=1S/C12H17FN2O/c1-7(2)8(3)16-11-5-4-9(12(14)15)6-10(11)13/h4-8H,1-3H3,(H3,14,15). The smallest absolute Gasteiger partial charge is 0.165 e. The molecule has 4 heteroatoms. The highest BCUT2D eigenvalue weighted by atomic mass is 19.1. The molecule has 0 radical (unpaired) electrons. The summed E-state index contributed by atoms with van der Waals surface area (Å²) >= 11 is 0. The van der Waals surface area contributed by atoms with Gasteiger partial charge in [-0.3, -0.25) is 5.41 Å². The van der Waals surface area contributed by atoms with Crippen molar-refractivity contribution in [1.29, 1.82) is 5.41 Å². The van der Waals surface area contributed by atoms with Gasteiger partial charge in [0.05, 0.1) is 6.10 Å². The zero-order chi connectivity index (χ0) is 12.3. The molecular weight excluding hydrogens is 207 g/mol. The Morgan fingerprint density at radius 3 is 2.44 bits per heavy atom. The van der Waals surface area contributed by atoms with Crippen LogP contribution in [0.3, 0.4) is 0 Å². The van der Waals surface area contributed by atoms with Gasteiger partial charge in [-0.15, -0.1) is 0 Å². The van der Waals surface area contributed by atoms with E-state index in [1.165, 1.54) is 12.1 Å². The highest BCUT2D eigenvalue weighted by molar-refractivity contribution is 5.95. The zero-order valence-corrected chi connectivity index (χ0v) is 9.75. The van der Waals surface area contributed by atoms with Crippen LogP contribution in [0, 0.1) is 17.1 Å². The van der Waals surface area contributed by atoms with Crippen molar-refractivity contribution in [3.63, 3.8) is 0 Å². The van der Waals surface area contributed by atoms with Gasteiger partial charge in [0.2, 0.25) is 0 Å². The number of nitrogens with one attached hydrogen (secondary N) is 1. The predicted molar refractivity (Wildman–Crippen MR) is 62.3 cm³/mol. The number of rotatable bonds is 4. The number of benzene rings is 1. The van der Waals surface area contributed by atoms with E-state index < -0.39 is 5.82 Å². The molecule has 0 amide bonds. The van der Waals surface area contributed by atoms with Crippen molar-refractivity contribution >= 4 is 5.84 Å². The summed E-state index contributed by atoms with van der Waals surface area (Å²) in [6, 6.07) is 4.30. The summed E-state index contributed by atoms with van der Waals surface area (Å²) in [5, 5.41) is 7.18. The van der Waals surface area contributed by atoms with Gasteiger partial charge >= 0.3 is 0 Å². The van der Waals surface area contributed by atoms with Crippen LogP contribution in [0.2, 0.25) is 0 Å². The second kappa shape index (κ2) is 4.96. The van der Waals surface area contributed by atoms with E-state index in [1.54, 1.807) is 6.07 Å². The van der Waals surface area contributed by atoms with E-state index >= 15 is 0 Å². The molecule has 0 saturated carbocycles. The Morgan fingerprint density at radius 1 is 1.38 bits per heavy atom. The van der Waals surface area contributed by atoms with Crippen LogP contribution in [0.25, 0.3) is 0 Å². The van der Waals surface area contributed by atoms with Crippen LogP contribution in [0.4, 0.5) is 4.39 Å². The Bertz CT molecular complexity index is 391. The number of amidine groups is 1. The van der Waals surface area contributed by atoms with Crippen LogP contribution >= 0.6 is 0 Å². The van der Waals surface area contributed by atoms with Crippen LogP contribution in [0.15, 0.2) is 18.2 Å². The van der Waals surface area contributed by atoms with Crippen molar-refractivity contribution < 1.29 is 9.13 Å². The van der Waals surface area contributed by atoms with E-state index in [9.17, 15) is 4.39 Å². The molecule has 0 aromatic heterocycles. The highest BCUT2D eigenvalue weighted by Crippen LogP contribution is 2.21. The molecule has 0 aliphatic rings. The first kappa shape index (κ1) is 12.5. The first-order chi connectivity index (χ1) is 7.41. The fourth-order valence-electron chi connectivity index (χ4n) is 1.10. The Morgan fingerprint density at radius 2 is 2.00 bits per heavy atom. The summed E-state index contributed by atoms with van der Waals surface area (Å²) < 4.78 is 19.0. The van der Waals surface area contributed by atoms with Crippen molar-refractivity contribution in [1.82, 2.24) is 0 Å². The third kappa shape index (κ3) is 2.95. The Balaban J connectivity index is 2.87. The van der Waals surface area contributed by atoms with Crippen LogP contribution in [-0.2, 0) is 0 Å². The third-order valence-electron chi connectivity index (χ3n) is 2.49. The molecule has 0 saturated heterocycles. The molecule has 88 valence electrons. The lowest BCUT2D eigenvalue weighted by molar-refractivity contribution is 0.163. The Kier molecular flexibility index (Phi) is 3.88. The van der Waals surface area contributed by atoms with Crippen molar-refractivity contribution in [2.75, 3.05) is 0 Å². The molecular formula is C12H17FN2O. The Hall–Kier alpha value is -1.58. The van der Waals surface area contributed by atoms with Crippen LogP contribution in [0.5, 0.6) is 5.75 Å². The largest absolute Gasteiger partial charge is 0.487 e. The van der Waals surface area contributed by atoms with Crippen molar-refractivity contribution in [3.8, 4) is 5.75 Å². The van der Waals surface area contributed by atoms with E-state index in [1.807, 2.05) is 20.8 Å². The summed E-state index contributed by atoms with van der Waals surface area (Å²) in [4.78, 5) is 0. The monoisotopic (exact) mass is 224 g/mol. The zero-order valence-electron chi connectivity index (χ0n) is 9.75. The number of hydrogen-bond acceptors (Lipinski definition) is 2. The van der Waals surface area contributed by atoms with Crippen molar-refractivity contribution in [3.05, 3.63) is 29.6 Å². The first-order valence-electron chi connectivity index (χ1n) is 5.22. The number of ether oxygens (including phenoxy) is 1. The number of hydrogen-bond donors (Lipinski definition) is 2. The van der Waals surface area contributed by atoms with Crippen molar-refractivity contribution in [2.24, 2.45) is 11.7 Å². The molecule has 0 bridgehead atoms. The lowest BCUT2D eigenvalue weighted by Crippen LogP contribution is -2.19. The molecule has 1 aromatic rings. The molecule has 0 aliphatic carbocycles. The molecule has 16 heavy (non-hydrogen) atoms. The van der Waals surface area contributed by atoms with Gasteiger partial charge in [0.25, 0.3) is 0 Å². The van der Waals surface area contributed by atoms with Crippen LogP contribution in [0.1, 0.15) is 26.3 Å². The maximum Gasteiger partial charge on any atom is 0.165 e. The van der Waals surface area contributed by atoms with Crippen LogP contribution < -0.4 is 10.5 Å². The molecule has 0 fully saturated rings. The minimum atomic E-state index is -0.486. The average molecular weight is 224 g/mol. The molecule has 0 spiro atoms. The van der Waals surface area contributed by atoms with Crippen molar-refractivity contribution in [2.45, 2.75) is 26.9 Å². The van der Waals surface area contributed by atoms with Gasteiger partial charge in [-0.25, -0.2) is 4.39 Å². The average Bonchev–Trinajstić information content (AvgIpc) is 2.20. The normalized spacial score (nSPS) is 12.6. The molecule has 3 nitrogen and oxygen atoms in total. The van der Waals surface area contributed by atoms with E-state index in [0.29, 0.717) is 11.5 Å². The molecule has 1 aromatic carbocycles. The quantitative estimate of drug-likeness (QED) is 0.610. The van der Waals surface area contributed by atoms with E-state index in [0.717, 1.165) is 0 Å². The lowest BCUT2D eigenvalue weighted by atomic mass is 10.1. The topological polar surface area (TPSA) is 59.1 Å². The fraction of sp³-hybridized carbons (Fsp3) is 0.417. The molecule has 3 N–H and O–H groups in total. The predicted octanol–water partition coefficient (Wildman–Crippen LogP) is 2.53. The van der Waals surface area contributed by atoms with Gasteiger partial charge in [0.15, 0.2) is 11.6 Å². The maximum absolute atomic E-state index is 13.6. The summed E-state index contributed by atoms with van der Waals surface area (Å²) in [5.74, 6) is -0.124. The Labute approximate surface area is 94.9 Å². The number of nitrogens with two attached hydrogens (primary N) is 1. The van der Waals surface area contributed by atoms with Gasteiger partial charge in [-0.2, -0.15) is 0 Å². The second-order valence-corrected chi connectivity index (χ2v) is 4.13. The summed E-state index contributed by atoms with van der Waals surface area (Å²) in [5.41, 5.74) is 5.62. The number of nitrogen functional groups attached to an aromatic ring is 1. The van der Waals surface area contributed by atoms with Crippen LogP contribution in [-0.4, -0.2) is 11.9 Å². The summed E-state index contributed by atoms with van der Waals surface area (Å²) in [6.45, 7) is 5.90. The molecule has 1 unspecified atom stereocenters. The molecule has 0 heterocycles. The minimum absolute atomic E-state index is 0.0577. The SMILES string of the molecule is CC(C)C(C)Oc1ccc(C(=N)N)cc1F. The molecule has 0 aliphatic heterocycles. The fourth-order valence-corrected chi connectivity index (χ4v) is 1.10. The summed E-state index contributed by atoms with van der Waals surface area (Å²) in [7, 11) is 0. The summed E-state index contributed by atoms with van der Waals surface area (Å²) in [6.07, 6.45) is -0.0577. The second-order valence-electron chi connectivity index (χ2n) is 4.13. The molecule has 1 atom stereocenters. The number of halogens is 1. The van der Waals surface area contributed by atoms with Gasteiger partial charge in [-0.1, -0.05) is 13.8 Å². The minimum Gasteiger partial charge on any atom is -0.487 e. The first-order valence-corrected chi connectivity index (χ1v) is 5.22. The maximum atomic E-state index is 13.6. The lowest BCUT2D eigenvalue weighted by Gasteiger charge is -2.18. The van der Waals surface area contributed by atoms with E-state index in [4.69, 9.17) is 15.9 Å².